The molecule has 0 radical (unpaired) electrons. The molecule has 5 nitrogen and oxygen atoms in total. The molecule has 0 unspecified atom stereocenters. The molecule has 0 saturated heterocycles. The van der Waals surface area contributed by atoms with E-state index in [1.165, 1.54) is 12.1 Å². The summed E-state index contributed by atoms with van der Waals surface area (Å²) < 4.78 is 5.52. The van der Waals surface area contributed by atoms with E-state index in [4.69, 9.17) is 9.84 Å². The van der Waals surface area contributed by atoms with Crippen molar-refractivity contribution in [2.45, 2.75) is 33.0 Å². The van der Waals surface area contributed by atoms with E-state index >= 15 is 0 Å². The average Bonchev–Trinajstić information content (AvgIpc) is 2.14. The van der Waals surface area contributed by atoms with Crippen molar-refractivity contribution in [1.29, 1.82) is 0 Å². The molecule has 1 aromatic carbocycles. The van der Waals surface area contributed by atoms with Crippen LogP contribution in [0.5, 0.6) is 5.75 Å². The Morgan fingerprint density at radius 3 is 2.44 bits per heavy atom. The Balaban J connectivity index is 3.09. The first kappa shape index (κ1) is 12.4. The third-order valence-corrected chi connectivity index (χ3v) is 1.77. The number of ether oxygens (including phenoxy) is 1. The number of aliphatic hydroxyl groups excluding tert-OH is 1. The normalized spacial score (nSPS) is 11.2. The fourth-order valence-corrected chi connectivity index (χ4v) is 1.25. The van der Waals surface area contributed by atoms with Crippen LogP contribution in [0.3, 0.4) is 0 Å². The van der Waals surface area contributed by atoms with Crippen LogP contribution in [0.4, 0.5) is 5.69 Å². The molecule has 0 aliphatic carbocycles. The number of benzene rings is 1. The van der Waals surface area contributed by atoms with Crippen molar-refractivity contribution in [2.75, 3.05) is 0 Å². The molecular formula is C11H15NO4. The molecule has 0 fully saturated rings. The molecule has 1 N–H and O–H groups in total. The second-order valence-electron chi connectivity index (χ2n) is 4.46. The minimum atomic E-state index is -0.505. The third kappa shape index (κ3) is 3.51. The summed E-state index contributed by atoms with van der Waals surface area (Å²) in [6, 6.07) is 4.28. The summed E-state index contributed by atoms with van der Waals surface area (Å²) in [5.74, 6) is 0.394. The summed E-state index contributed by atoms with van der Waals surface area (Å²) in [7, 11) is 0. The van der Waals surface area contributed by atoms with Crippen LogP contribution in [-0.4, -0.2) is 15.6 Å². The van der Waals surface area contributed by atoms with Gasteiger partial charge >= 0.3 is 0 Å². The lowest BCUT2D eigenvalue weighted by molar-refractivity contribution is -0.385. The molecule has 0 bridgehead atoms. The van der Waals surface area contributed by atoms with Gasteiger partial charge in [0.05, 0.1) is 17.6 Å². The molecule has 0 atom stereocenters. The topological polar surface area (TPSA) is 72.6 Å². The van der Waals surface area contributed by atoms with Crippen LogP contribution in [0.2, 0.25) is 0 Å². The van der Waals surface area contributed by atoms with Crippen LogP contribution in [0, 0.1) is 10.1 Å². The lowest BCUT2D eigenvalue weighted by atomic mass is 10.1. The highest BCUT2D eigenvalue weighted by Gasteiger charge is 2.16. The van der Waals surface area contributed by atoms with Gasteiger partial charge in [0, 0.05) is 6.07 Å². The van der Waals surface area contributed by atoms with E-state index in [0.29, 0.717) is 11.3 Å². The molecule has 0 amide bonds. The van der Waals surface area contributed by atoms with Crippen LogP contribution in [0.1, 0.15) is 26.3 Å². The van der Waals surface area contributed by atoms with E-state index in [0.717, 1.165) is 0 Å². The highest BCUT2D eigenvalue weighted by atomic mass is 16.6. The van der Waals surface area contributed by atoms with E-state index in [9.17, 15) is 10.1 Å². The molecule has 0 saturated carbocycles. The van der Waals surface area contributed by atoms with E-state index in [1.807, 2.05) is 20.8 Å². The number of rotatable bonds is 3. The van der Waals surface area contributed by atoms with Gasteiger partial charge in [-0.05, 0) is 32.4 Å². The van der Waals surface area contributed by atoms with Crippen molar-refractivity contribution in [3.8, 4) is 5.75 Å². The predicted molar refractivity (Wildman–Crippen MR) is 59.4 cm³/mol. The van der Waals surface area contributed by atoms with Crippen LogP contribution in [0.15, 0.2) is 18.2 Å². The zero-order chi connectivity index (χ0) is 12.3. The quantitative estimate of drug-likeness (QED) is 0.632. The number of nitro benzene ring substituents is 1. The molecule has 1 rings (SSSR count). The Morgan fingerprint density at radius 2 is 2.00 bits per heavy atom. The van der Waals surface area contributed by atoms with Crippen LogP contribution in [0.25, 0.3) is 0 Å². The van der Waals surface area contributed by atoms with E-state index < -0.39 is 10.5 Å². The molecular weight excluding hydrogens is 210 g/mol. The maximum atomic E-state index is 10.7. The smallest absolute Gasteiger partial charge is 0.273 e. The van der Waals surface area contributed by atoms with Gasteiger partial charge in [0.25, 0.3) is 5.69 Å². The molecule has 0 aliphatic rings. The number of nitrogens with zero attached hydrogens (tertiary/aromatic N) is 1. The van der Waals surface area contributed by atoms with Gasteiger partial charge in [0.1, 0.15) is 11.4 Å². The number of non-ortho nitro benzene ring substituents is 1. The molecule has 0 aromatic heterocycles. The zero-order valence-corrected chi connectivity index (χ0v) is 9.56. The van der Waals surface area contributed by atoms with Gasteiger partial charge in [-0.15, -0.1) is 0 Å². The van der Waals surface area contributed by atoms with Gasteiger partial charge in [-0.1, -0.05) is 0 Å². The molecule has 0 spiro atoms. The molecule has 16 heavy (non-hydrogen) atoms. The van der Waals surface area contributed by atoms with Crippen molar-refractivity contribution < 1.29 is 14.8 Å². The monoisotopic (exact) mass is 225 g/mol. The standard InChI is InChI=1S/C11H15NO4/c1-11(2,3)16-10-5-8(7-13)4-9(6-10)12(14)15/h4-6,13H,7H2,1-3H3. The molecule has 5 heteroatoms. The number of aliphatic hydroxyl groups is 1. The lowest BCUT2D eigenvalue weighted by Gasteiger charge is -2.21. The Bertz CT molecular complexity index is 395. The van der Waals surface area contributed by atoms with Gasteiger partial charge in [0.15, 0.2) is 0 Å². The van der Waals surface area contributed by atoms with Gasteiger partial charge in [-0.3, -0.25) is 10.1 Å². The Labute approximate surface area is 93.8 Å². The van der Waals surface area contributed by atoms with Crippen molar-refractivity contribution in [3.63, 3.8) is 0 Å². The maximum absolute atomic E-state index is 10.7. The molecule has 1 aromatic rings. The first-order valence-corrected chi connectivity index (χ1v) is 4.90. The SMILES string of the molecule is CC(C)(C)Oc1cc(CO)cc([N+](=O)[O-])c1. The molecule has 88 valence electrons. The fraction of sp³-hybridized carbons (Fsp3) is 0.455. The highest BCUT2D eigenvalue weighted by Crippen LogP contribution is 2.25. The Kier molecular flexibility index (Phi) is 3.49. The summed E-state index contributed by atoms with van der Waals surface area (Å²) in [5, 5.41) is 19.6. The molecule has 0 heterocycles. The van der Waals surface area contributed by atoms with Gasteiger partial charge in [0.2, 0.25) is 0 Å². The second kappa shape index (κ2) is 4.49. The summed E-state index contributed by atoms with van der Waals surface area (Å²) >= 11 is 0. The van der Waals surface area contributed by atoms with Crippen molar-refractivity contribution in [2.24, 2.45) is 0 Å². The van der Waals surface area contributed by atoms with Gasteiger partial charge < -0.3 is 9.84 Å². The summed E-state index contributed by atoms with van der Waals surface area (Å²) in [6.45, 7) is 5.31. The Hall–Kier alpha value is -1.62. The Morgan fingerprint density at radius 1 is 1.38 bits per heavy atom. The minimum absolute atomic E-state index is 0.0780. The summed E-state index contributed by atoms with van der Waals surface area (Å²) in [4.78, 5) is 10.2. The first-order chi connectivity index (χ1) is 7.31. The van der Waals surface area contributed by atoms with Crippen LogP contribution in [-0.2, 0) is 6.61 Å². The largest absolute Gasteiger partial charge is 0.488 e. The lowest BCUT2D eigenvalue weighted by Crippen LogP contribution is -2.23. The maximum Gasteiger partial charge on any atom is 0.273 e. The minimum Gasteiger partial charge on any atom is -0.488 e. The zero-order valence-electron chi connectivity index (χ0n) is 9.56. The number of hydrogen-bond donors (Lipinski definition) is 1. The van der Waals surface area contributed by atoms with E-state index in [2.05, 4.69) is 0 Å². The second-order valence-corrected chi connectivity index (χ2v) is 4.46. The van der Waals surface area contributed by atoms with Crippen LogP contribution >= 0.6 is 0 Å². The predicted octanol–water partition coefficient (Wildman–Crippen LogP) is 2.26. The number of hydrogen-bond acceptors (Lipinski definition) is 4. The highest BCUT2D eigenvalue weighted by molar-refractivity contribution is 5.42. The van der Waals surface area contributed by atoms with Crippen molar-refractivity contribution >= 4 is 5.69 Å². The van der Waals surface area contributed by atoms with Crippen LogP contribution < -0.4 is 4.74 Å². The van der Waals surface area contributed by atoms with E-state index in [1.54, 1.807) is 6.07 Å². The van der Waals surface area contributed by atoms with Gasteiger partial charge in [-0.25, -0.2) is 0 Å². The van der Waals surface area contributed by atoms with Crippen molar-refractivity contribution in [3.05, 3.63) is 33.9 Å². The first-order valence-electron chi connectivity index (χ1n) is 4.90. The fourth-order valence-electron chi connectivity index (χ4n) is 1.25. The van der Waals surface area contributed by atoms with Gasteiger partial charge in [-0.2, -0.15) is 0 Å². The van der Waals surface area contributed by atoms with E-state index in [-0.39, 0.29) is 12.3 Å². The third-order valence-electron chi connectivity index (χ3n) is 1.77. The molecule has 0 aliphatic heterocycles. The average molecular weight is 225 g/mol. The summed E-state index contributed by atoms with van der Waals surface area (Å²) in [5.41, 5.74) is -0.0404. The van der Waals surface area contributed by atoms with Crippen molar-refractivity contribution in [1.82, 2.24) is 0 Å². The summed E-state index contributed by atoms with van der Waals surface area (Å²) in [6.07, 6.45) is 0. The number of nitro groups is 1.